The summed E-state index contributed by atoms with van der Waals surface area (Å²) in [6.45, 7) is 1.35. The number of aliphatic imine (C=N–C) groups is 1. The normalized spacial score (nSPS) is 22.0. The molecule has 22 heavy (non-hydrogen) atoms. The van der Waals surface area contributed by atoms with Gasteiger partial charge in [0, 0.05) is 38.5 Å². The SMILES string of the molecule is Cn1nccc1[C@@H]1OCC[C@H]1CN=C(N)Nc1ccccn1. The standard InChI is InChI=1S/C15H20N6O/c1-21-12(5-8-19-21)14-11(6-9-22-14)10-18-15(16)20-13-4-2-3-7-17-13/h2-5,7-8,11,14H,6,9-10H2,1H3,(H3,16,17,18,20)/t11-,14+/m0/s1. The summed E-state index contributed by atoms with van der Waals surface area (Å²) < 4.78 is 7.69. The number of hydrogen-bond donors (Lipinski definition) is 2. The lowest BCUT2D eigenvalue weighted by molar-refractivity contribution is 0.0859. The Labute approximate surface area is 129 Å². The lowest BCUT2D eigenvalue weighted by Gasteiger charge is -2.17. The number of nitrogens with two attached hydrogens (primary N) is 1. The molecule has 3 heterocycles. The van der Waals surface area contributed by atoms with Crippen LogP contribution in [0.5, 0.6) is 0 Å². The lowest BCUT2D eigenvalue weighted by Crippen LogP contribution is -2.25. The Morgan fingerprint density at radius 3 is 3.09 bits per heavy atom. The van der Waals surface area contributed by atoms with Crippen molar-refractivity contribution in [2.75, 3.05) is 18.5 Å². The van der Waals surface area contributed by atoms with Gasteiger partial charge in [-0.25, -0.2) is 4.98 Å². The number of anilines is 1. The predicted molar refractivity (Wildman–Crippen MR) is 84.4 cm³/mol. The molecule has 0 amide bonds. The average Bonchev–Trinajstić information content (AvgIpc) is 3.14. The summed E-state index contributed by atoms with van der Waals surface area (Å²) in [5.74, 6) is 1.36. The highest BCUT2D eigenvalue weighted by Gasteiger charge is 2.31. The number of ether oxygens (including phenoxy) is 1. The van der Waals surface area contributed by atoms with Crippen LogP contribution in [0, 0.1) is 5.92 Å². The minimum absolute atomic E-state index is 0.0268. The minimum Gasteiger partial charge on any atom is -0.372 e. The fourth-order valence-corrected chi connectivity index (χ4v) is 2.63. The maximum Gasteiger partial charge on any atom is 0.194 e. The van der Waals surface area contributed by atoms with Crippen molar-refractivity contribution in [2.45, 2.75) is 12.5 Å². The quantitative estimate of drug-likeness (QED) is 0.656. The van der Waals surface area contributed by atoms with Crippen molar-refractivity contribution in [2.24, 2.45) is 23.7 Å². The summed E-state index contributed by atoms with van der Waals surface area (Å²) in [6.07, 6.45) is 4.49. The molecule has 0 bridgehead atoms. The van der Waals surface area contributed by atoms with Crippen LogP contribution in [-0.2, 0) is 11.8 Å². The van der Waals surface area contributed by atoms with E-state index in [4.69, 9.17) is 10.5 Å². The molecule has 0 aliphatic carbocycles. The van der Waals surface area contributed by atoms with Gasteiger partial charge in [-0.3, -0.25) is 9.67 Å². The zero-order valence-corrected chi connectivity index (χ0v) is 12.5. The summed E-state index contributed by atoms with van der Waals surface area (Å²) in [5, 5.41) is 7.19. The van der Waals surface area contributed by atoms with E-state index in [1.807, 2.05) is 36.0 Å². The first-order valence-electron chi connectivity index (χ1n) is 7.31. The summed E-state index contributed by atoms with van der Waals surface area (Å²) in [5.41, 5.74) is 7.00. The fraction of sp³-hybridized carbons (Fsp3) is 0.400. The number of pyridine rings is 1. The number of nitrogens with zero attached hydrogens (tertiary/aromatic N) is 4. The summed E-state index contributed by atoms with van der Waals surface area (Å²) >= 11 is 0. The van der Waals surface area contributed by atoms with E-state index in [1.54, 1.807) is 12.4 Å². The molecule has 1 fully saturated rings. The van der Waals surface area contributed by atoms with Crippen LogP contribution in [0.2, 0.25) is 0 Å². The van der Waals surface area contributed by atoms with Crippen molar-refractivity contribution in [3.63, 3.8) is 0 Å². The van der Waals surface area contributed by atoms with E-state index in [0.717, 1.165) is 18.7 Å². The van der Waals surface area contributed by atoms with Gasteiger partial charge in [-0.15, -0.1) is 0 Å². The van der Waals surface area contributed by atoms with Gasteiger partial charge < -0.3 is 15.8 Å². The highest BCUT2D eigenvalue weighted by atomic mass is 16.5. The molecular weight excluding hydrogens is 280 g/mol. The maximum absolute atomic E-state index is 5.92. The van der Waals surface area contributed by atoms with Crippen LogP contribution in [0.3, 0.4) is 0 Å². The zero-order valence-electron chi connectivity index (χ0n) is 12.5. The molecule has 0 aromatic carbocycles. The molecule has 7 heteroatoms. The molecule has 2 aromatic heterocycles. The van der Waals surface area contributed by atoms with Gasteiger partial charge in [0.2, 0.25) is 0 Å². The van der Waals surface area contributed by atoms with Gasteiger partial charge in [0.15, 0.2) is 5.96 Å². The first-order valence-corrected chi connectivity index (χ1v) is 7.31. The Hall–Kier alpha value is -2.41. The second kappa shape index (κ2) is 6.57. The molecule has 0 radical (unpaired) electrons. The molecule has 1 aliphatic heterocycles. The first-order chi connectivity index (χ1) is 10.7. The Kier molecular flexibility index (Phi) is 4.34. The molecule has 0 unspecified atom stereocenters. The van der Waals surface area contributed by atoms with Gasteiger partial charge in [0.25, 0.3) is 0 Å². The van der Waals surface area contributed by atoms with Crippen molar-refractivity contribution in [3.05, 3.63) is 42.4 Å². The molecule has 3 rings (SSSR count). The summed E-state index contributed by atoms with van der Waals surface area (Å²) in [6, 6.07) is 7.58. The number of nitrogens with one attached hydrogen (secondary N) is 1. The van der Waals surface area contributed by atoms with Crippen LogP contribution in [0.1, 0.15) is 18.2 Å². The molecule has 2 aromatic rings. The van der Waals surface area contributed by atoms with E-state index in [0.29, 0.717) is 24.2 Å². The Balaban J connectivity index is 1.62. The van der Waals surface area contributed by atoms with Gasteiger partial charge in [0.1, 0.15) is 11.9 Å². The number of hydrogen-bond acceptors (Lipinski definition) is 4. The van der Waals surface area contributed by atoms with E-state index in [1.165, 1.54) is 0 Å². The molecule has 7 nitrogen and oxygen atoms in total. The smallest absolute Gasteiger partial charge is 0.194 e. The Morgan fingerprint density at radius 2 is 2.36 bits per heavy atom. The van der Waals surface area contributed by atoms with Gasteiger partial charge >= 0.3 is 0 Å². The van der Waals surface area contributed by atoms with Crippen LogP contribution < -0.4 is 11.1 Å². The third-order valence-electron chi connectivity index (χ3n) is 3.78. The van der Waals surface area contributed by atoms with Crippen LogP contribution in [0.15, 0.2) is 41.7 Å². The number of aryl methyl sites for hydroxylation is 1. The molecular formula is C15H20N6O. The monoisotopic (exact) mass is 300 g/mol. The molecule has 0 spiro atoms. The van der Waals surface area contributed by atoms with Gasteiger partial charge in [-0.1, -0.05) is 6.07 Å². The summed E-state index contributed by atoms with van der Waals surface area (Å²) in [7, 11) is 1.92. The molecule has 0 saturated carbocycles. The van der Waals surface area contributed by atoms with Gasteiger partial charge in [0.05, 0.1) is 5.69 Å². The highest BCUT2D eigenvalue weighted by molar-refractivity contribution is 5.91. The molecule has 3 N–H and O–H groups in total. The van der Waals surface area contributed by atoms with Gasteiger partial charge in [-0.05, 0) is 24.6 Å². The van der Waals surface area contributed by atoms with Gasteiger partial charge in [-0.2, -0.15) is 5.10 Å². The topological polar surface area (TPSA) is 90.3 Å². The number of aromatic nitrogens is 3. The largest absolute Gasteiger partial charge is 0.372 e. The van der Waals surface area contributed by atoms with Crippen molar-refractivity contribution < 1.29 is 4.74 Å². The zero-order chi connectivity index (χ0) is 15.4. The predicted octanol–water partition coefficient (Wildman–Crippen LogP) is 1.32. The van der Waals surface area contributed by atoms with E-state index in [9.17, 15) is 0 Å². The third-order valence-corrected chi connectivity index (χ3v) is 3.78. The average molecular weight is 300 g/mol. The van der Waals surface area contributed by atoms with Crippen LogP contribution in [0.4, 0.5) is 5.82 Å². The van der Waals surface area contributed by atoms with E-state index < -0.39 is 0 Å². The van der Waals surface area contributed by atoms with Crippen molar-refractivity contribution in [1.29, 1.82) is 0 Å². The van der Waals surface area contributed by atoms with Crippen molar-refractivity contribution in [3.8, 4) is 0 Å². The first kappa shape index (κ1) is 14.5. The fourth-order valence-electron chi connectivity index (χ4n) is 2.63. The van der Waals surface area contributed by atoms with Crippen LogP contribution in [-0.4, -0.2) is 33.9 Å². The Bertz CT molecular complexity index is 638. The maximum atomic E-state index is 5.92. The third kappa shape index (κ3) is 3.25. The number of guanidine groups is 1. The van der Waals surface area contributed by atoms with Crippen molar-refractivity contribution in [1.82, 2.24) is 14.8 Å². The number of rotatable bonds is 4. The van der Waals surface area contributed by atoms with E-state index in [2.05, 4.69) is 20.4 Å². The molecule has 1 saturated heterocycles. The van der Waals surface area contributed by atoms with Crippen molar-refractivity contribution >= 4 is 11.8 Å². The Morgan fingerprint density at radius 1 is 1.45 bits per heavy atom. The van der Waals surface area contributed by atoms with E-state index in [-0.39, 0.29) is 6.10 Å². The molecule has 2 atom stereocenters. The lowest BCUT2D eigenvalue weighted by atomic mass is 9.99. The van der Waals surface area contributed by atoms with E-state index >= 15 is 0 Å². The minimum atomic E-state index is 0.0268. The molecule has 1 aliphatic rings. The second-order valence-electron chi connectivity index (χ2n) is 5.29. The molecule has 116 valence electrons. The van der Waals surface area contributed by atoms with Crippen LogP contribution >= 0.6 is 0 Å². The second-order valence-corrected chi connectivity index (χ2v) is 5.29. The summed E-state index contributed by atoms with van der Waals surface area (Å²) in [4.78, 5) is 8.58. The highest BCUT2D eigenvalue weighted by Crippen LogP contribution is 2.34. The van der Waals surface area contributed by atoms with Crippen LogP contribution in [0.25, 0.3) is 0 Å².